The van der Waals surface area contributed by atoms with Gasteiger partial charge in [0.05, 0.1) is 13.2 Å². The van der Waals surface area contributed by atoms with E-state index in [0.717, 1.165) is 32.8 Å². The van der Waals surface area contributed by atoms with Crippen molar-refractivity contribution >= 4 is 0 Å². The zero-order chi connectivity index (χ0) is 10.6. The molecule has 0 aromatic heterocycles. The summed E-state index contributed by atoms with van der Waals surface area (Å²) >= 11 is 0. The highest BCUT2D eigenvalue weighted by molar-refractivity contribution is 4.84. The molecular formula is C11H24N2O. The normalized spacial score (nSPS) is 24.9. The van der Waals surface area contributed by atoms with Crippen LogP contribution >= 0.6 is 0 Å². The number of rotatable bonds is 4. The quantitative estimate of drug-likeness (QED) is 0.738. The van der Waals surface area contributed by atoms with E-state index in [2.05, 4.69) is 25.7 Å². The standard InChI is InChI=1S/C11H24N2O/c1-10(8-12)4-5-13-6-7-14-9-11(13,2)3/h10H,4-9,12H2,1-3H3. The van der Waals surface area contributed by atoms with Crippen molar-refractivity contribution in [2.24, 2.45) is 11.7 Å². The maximum atomic E-state index is 5.61. The van der Waals surface area contributed by atoms with Gasteiger partial charge in [0, 0.05) is 12.1 Å². The Hall–Kier alpha value is -0.120. The molecule has 3 heteroatoms. The van der Waals surface area contributed by atoms with Gasteiger partial charge in [0.15, 0.2) is 0 Å². The Morgan fingerprint density at radius 1 is 1.50 bits per heavy atom. The summed E-state index contributed by atoms with van der Waals surface area (Å²) in [5.41, 5.74) is 5.81. The average molecular weight is 200 g/mol. The zero-order valence-electron chi connectivity index (χ0n) is 9.75. The monoisotopic (exact) mass is 200 g/mol. The van der Waals surface area contributed by atoms with Gasteiger partial charge in [-0.2, -0.15) is 0 Å². The van der Waals surface area contributed by atoms with Gasteiger partial charge in [-0.15, -0.1) is 0 Å². The summed E-state index contributed by atoms with van der Waals surface area (Å²) in [7, 11) is 0. The predicted molar refractivity (Wildman–Crippen MR) is 59.3 cm³/mol. The Labute approximate surface area is 87.6 Å². The molecule has 0 saturated carbocycles. The molecular weight excluding hydrogens is 176 g/mol. The first-order valence-corrected chi connectivity index (χ1v) is 5.59. The van der Waals surface area contributed by atoms with Crippen molar-refractivity contribution in [3.63, 3.8) is 0 Å². The molecule has 1 unspecified atom stereocenters. The summed E-state index contributed by atoms with van der Waals surface area (Å²) in [5, 5.41) is 0. The molecule has 0 spiro atoms. The molecule has 0 radical (unpaired) electrons. The number of nitrogens with zero attached hydrogens (tertiary/aromatic N) is 1. The summed E-state index contributed by atoms with van der Waals surface area (Å²) in [5.74, 6) is 0.633. The molecule has 3 nitrogen and oxygen atoms in total. The van der Waals surface area contributed by atoms with Crippen LogP contribution in [0.5, 0.6) is 0 Å². The van der Waals surface area contributed by atoms with E-state index in [4.69, 9.17) is 10.5 Å². The van der Waals surface area contributed by atoms with Gasteiger partial charge in [0.1, 0.15) is 0 Å². The molecule has 0 aliphatic carbocycles. The lowest BCUT2D eigenvalue weighted by Gasteiger charge is -2.42. The number of morpholine rings is 1. The van der Waals surface area contributed by atoms with Gasteiger partial charge < -0.3 is 10.5 Å². The zero-order valence-corrected chi connectivity index (χ0v) is 9.75. The number of hydrogen-bond donors (Lipinski definition) is 1. The topological polar surface area (TPSA) is 38.5 Å². The summed E-state index contributed by atoms with van der Waals surface area (Å²) < 4.78 is 5.48. The molecule has 0 aromatic carbocycles. The van der Waals surface area contributed by atoms with E-state index in [0.29, 0.717) is 5.92 Å². The Morgan fingerprint density at radius 2 is 2.21 bits per heavy atom. The van der Waals surface area contributed by atoms with E-state index in [1.807, 2.05) is 0 Å². The van der Waals surface area contributed by atoms with E-state index >= 15 is 0 Å². The van der Waals surface area contributed by atoms with E-state index in [9.17, 15) is 0 Å². The van der Waals surface area contributed by atoms with Gasteiger partial charge in [0.2, 0.25) is 0 Å². The van der Waals surface area contributed by atoms with Crippen LogP contribution in [-0.4, -0.2) is 43.3 Å². The smallest absolute Gasteiger partial charge is 0.0645 e. The fourth-order valence-electron chi connectivity index (χ4n) is 1.80. The molecule has 0 bridgehead atoms. The second-order valence-corrected chi connectivity index (χ2v) is 4.98. The van der Waals surface area contributed by atoms with Crippen molar-refractivity contribution in [1.82, 2.24) is 4.90 Å². The average Bonchev–Trinajstić information content (AvgIpc) is 2.15. The lowest BCUT2D eigenvalue weighted by atomic mass is 10.0. The summed E-state index contributed by atoms with van der Waals surface area (Å²) in [6, 6.07) is 0. The minimum absolute atomic E-state index is 0.201. The van der Waals surface area contributed by atoms with Crippen LogP contribution in [-0.2, 0) is 4.74 Å². The minimum atomic E-state index is 0.201. The first kappa shape index (κ1) is 12.0. The highest BCUT2D eigenvalue weighted by Gasteiger charge is 2.29. The molecule has 0 aromatic rings. The van der Waals surface area contributed by atoms with E-state index in [1.165, 1.54) is 6.42 Å². The lowest BCUT2D eigenvalue weighted by Crippen LogP contribution is -2.53. The molecule has 14 heavy (non-hydrogen) atoms. The molecule has 0 amide bonds. The maximum absolute atomic E-state index is 5.61. The van der Waals surface area contributed by atoms with Crippen molar-refractivity contribution < 1.29 is 4.74 Å². The summed E-state index contributed by atoms with van der Waals surface area (Å²) in [6.07, 6.45) is 1.19. The summed E-state index contributed by atoms with van der Waals surface area (Å²) in [6.45, 7) is 11.4. The number of hydrogen-bond acceptors (Lipinski definition) is 3. The van der Waals surface area contributed by atoms with Crippen molar-refractivity contribution in [2.75, 3.05) is 32.8 Å². The minimum Gasteiger partial charge on any atom is -0.378 e. The fourth-order valence-corrected chi connectivity index (χ4v) is 1.80. The van der Waals surface area contributed by atoms with Crippen LogP contribution in [0.25, 0.3) is 0 Å². The van der Waals surface area contributed by atoms with Crippen LogP contribution < -0.4 is 5.73 Å². The molecule has 1 saturated heterocycles. The molecule has 1 fully saturated rings. The molecule has 1 rings (SSSR count). The predicted octanol–water partition coefficient (Wildman–Crippen LogP) is 1.08. The van der Waals surface area contributed by atoms with Gasteiger partial charge in [-0.05, 0) is 39.3 Å². The second kappa shape index (κ2) is 5.10. The van der Waals surface area contributed by atoms with Crippen LogP contribution in [0.2, 0.25) is 0 Å². The number of ether oxygens (including phenoxy) is 1. The van der Waals surface area contributed by atoms with Crippen LogP contribution in [0.4, 0.5) is 0 Å². The fraction of sp³-hybridized carbons (Fsp3) is 1.00. The van der Waals surface area contributed by atoms with Crippen molar-refractivity contribution in [3.05, 3.63) is 0 Å². The molecule has 1 atom stereocenters. The van der Waals surface area contributed by atoms with Crippen LogP contribution in [0, 0.1) is 5.92 Å². The van der Waals surface area contributed by atoms with Crippen molar-refractivity contribution in [1.29, 1.82) is 0 Å². The Kier molecular flexibility index (Phi) is 4.35. The van der Waals surface area contributed by atoms with Gasteiger partial charge >= 0.3 is 0 Å². The Morgan fingerprint density at radius 3 is 2.79 bits per heavy atom. The van der Waals surface area contributed by atoms with Crippen molar-refractivity contribution in [3.8, 4) is 0 Å². The van der Waals surface area contributed by atoms with E-state index in [-0.39, 0.29) is 5.54 Å². The largest absolute Gasteiger partial charge is 0.378 e. The maximum Gasteiger partial charge on any atom is 0.0645 e. The van der Waals surface area contributed by atoms with Gasteiger partial charge in [0.25, 0.3) is 0 Å². The SMILES string of the molecule is CC(CN)CCN1CCOCC1(C)C. The highest BCUT2D eigenvalue weighted by Crippen LogP contribution is 2.19. The van der Waals surface area contributed by atoms with Crippen LogP contribution in [0.3, 0.4) is 0 Å². The highest BCUT2D eigenvalue weighted by atomic mass is 16.5. The third-order valence-corrected chi connectivity index (χ3v) is 3.11. The Bertz CT molecular complexity index is 171. The second-order valence-electron chi connectivity index (χ2n) is 4.98. The summed E-state index contributed by atoms with van der Waals surface area (Å²) in [4.78, 5) is 2.52. The number of nitrogens with two attached hydrogens (primary N) is 1. The first-order valence-electron chi connectivity index (χ1n) is 5.59. The lowest BCUT2D eigenvalue weighted by molar-refractivity contribution is -0.0524. The molecule has 2 N–H and O–H groups in total. The van der Waals surface area contributed by atoms with E-state index in [1.54, 1.807) is 0 Å². The van der Waals surface area contributed by atoms with Gasteiger partial charge in [-0.1, -0.05) is 6.92 Å². The van der Waals surface area contributed by atoms with Crippen LogP contribution in [0.15, 0.2) is 0 Å². The molecule has 1 heterocycles. The first-order chi connectivity index (χ1) is 6.56. The van der Waals surface area contributed by atoms with E-state index < -0.39 is 0 Å². The van der Waals surface area contributed by atoms with Crippen LogP contribution in [0.1, 0.15) is 27.2 Å². The van der Waals surface area contributed by atoms with Gasteiger partial charge in [-0.3, -0.25) is 4.90 Å². The third kappa shape index (κ3) is 3.23. The molecule has 84 valence electrons. The molecule has 1 aliphatic heterocycles. The molecule has 1 aliphatic rings. The van der Waals surface area contributed by atoms with Gasteiger partial charge in [-0.25, -0.2) is 0 Å². The Balaban J connectivity index is 2.34. The van der Waals surface area contributed by atoms with Crippen molar-refractivity contribution in [2.45, 2.75) is 32.7 Å². The third-order valence-electron chi connectivity index (χ3n) is 3.11.